The van der Waals surface area contributed by atoms with Crippen molar-refractivity contribution in [3.63, 3.8) is 0 Å². The molecular weight excluding hydrogens is 348 g/mol. The molecular formula is C19H20N4O4. The number of carbonyl (C=O) groups is 1. The number of aromatic nitrogens is 3. The van der Waals surface area contributed by atoms with E-state index < -0.39 is 0 Å². The zero-order chi connectivity index (χ0) is 19.1. The van der Waals surface area contributed by atoms with E-state index >= 15 is 0 Å². The van der Waals surface area contributed by atoms with Gasteiger partial charge in [-0.2, -0.15) is 0 Å². The van der Waals surface area contributed by atoms with Crippen LogP contribution < -0.4 is 19.5 Å². The maximum absolute atomic E-state index is 12.4. The van der Waals surface area contributed by atoms with Crippen LogP contribution in [0, 0.1) is 0 Å². The third-order valence-electron chi connectivity index (χ3n) is 4.92. The Hall–Kier alpha value is -3.29. The zero-order valence-electron chi connectivity index (χ0n) is 15.6. The molecule has 0 bridgehead atoms. The molecule has 0 fully saturated rings. The number of aryl methyl sites for hydroxylation is 1. The second-order valence-corrected chi connectivity index (χ2v) is 6.37. The van der Waals surface area contributed by atoms with Crippen LogP contribution in [0.3, 0.4) is 0 Å². The summed E-state index contributed by atoms with van der Waals surface area (Å²) in [5.74, 6) is 1.28. The second-order valence-electron chi connectivity index (χ2n) is 6.37. The lowest BCUT2D eigenvalue weighted by Crippen LogP contribution is -2.24. The normalized spacial score (nSPS) is 16.0. The molecule has 1 unspecified atom stereocenters. The lowest BCUT2D eigenvalue weighted by atomic mass is 9.83. The minimum Gasteiger partial charge on any atom is -0.493 e. The largest absolute Gasteiger partial charge is 0.493 e. The van der Waals surface area contributed by atoms with Gasteiger partial charge in [0.15, 0.2) is 11.5 Å². The molecule has 0 radical (unpaired) electrons. The summed E-state index contributed by atoms with van der Waals surface area (Å²) in [5.41, 5.74) is 4.19. The first-order valence-corrected chi connectivity index (χ1v) is 8.49. The minimum atomic E-state index is -0.199. The molecule has 1 N–H and O–H groups in total. The number of anilines is 1. The van der Waals surface area contributed by atoms with Gasteiger partial charge in [0.2, 0.25) is 11.7 Å². The van der Waals surface area contributed by atoms with Gasteiger partial charge in [0.25, 0.3) is 0 Å². The quantitative estimate of drug-likeness (QED) is 0.761. The number of hydrogen-bond donors (Lipinski definition) is 1. The number of ether oxygens (including phenoxy) is 3. The molecule has 1 atom stereocenters. The summed E-state index contributed by atoms with van der Waals surface area (Å²) in [6.45, 7) is 0. The van der Waals surface area contributed by atoms with Gasteiger partial charge in [-0.1, -0.05) is 11.3 Å². The summed E-state index contributed by atoms with van der Waals surface area (Å²) in [6.07, 6.45) is 0.296. The fourth-order valence-electron chi connectivity index (χ4n) is 3.68. The van der Waals surface area contributed by atoms with Crippen LogP contribution in [-0.4, -0.2) is 42.2 Å². The second kappa shape index (κ2) is 6.46. The van der Waals surface area contributed by atoms with E-state index in [9.17, 15) is 4.79 Å². The highest BCUT2D eigenvalue weighted by molar-refractivity contribution is 5.97. The summed E-state index contributed by atoms with van der Waals surface area (Å²) >= 11 is 0. The highest BCUT2D eigenvalue weighted by Crippen LogP contribution is 2.51. The van der Waals surface area contributed by atoms with E-state index in [0.717, 1.165) is 22.2 Å². The van der Waals surface area contributed by atoms with Gasteiger partial charge in [-0.25, -0.2) is 4.68 Å². The van der Waals surface area contributed by atoms with Crippen molar-refractivity contribution >= 4 is 22.6 Å². The minimum absolute atomic E-state index is 0.0685. The van der Waals surface area contributed by atoms with Gasteiger partial charge in [0.1, 0.15) is 5.52 Å². The van der Waals surface area contributed by atoms with E-state index in [1.54, 1.807) is 32.1 Å². The van der Waals surface area contributed by atoms with Gasteiger partial charge in [-0.05, 0) is 17.7 Å². The van der Waals surface area contributed by atoms with Gasteiger partial charge in [0, 0.05) is 31.0 Å². The van der Waals surface area contributed by atoms with Crippen LogP contribution in [-0.2, 0) is 11.8 Å². The van der Waals surface area contributed by atoms with Crippen LogP contribution in [0.15, 0.2) is 24.3 Å². The van der Waals surface area contributed by atoms with Crippen LogP contribution in [0.1, 0.15) is 23.5 Å². The maximum Gasteiger partial charge on any atom is 0.225 e. The predicted molar refractivity (Wildman–Crippen MR) is 99.7 cm³/mol. The summed E-state index contributed by atoms with van der Waals surface area (Å²) < 4.78 is 18.3. The maximum atomic E-state index is 12.4. The number of carbonyl (C=O) groups excluding carboxylic acids is 1. The molecule has 3 aromatic rings. The molecule has 0 saturated heterocycles. The number of amides is 1. The van der Waals surface area contributed by atoms with Crippen LogP contribution in [0.4, 0.5) is 5.69 Å². The standard InChI is InChI=1S/C19H20N4O4/c1-23-14-6-5-10(7-12(14)21-22-23)11-8-16(24)20-13-9-15(25-2)18(26-3)19(27-4)17(11)13/h5-7,9,11H,8H2,1-4H3,(H,20,24). The molecule has 8 heteroatoms. The molecule has 8 nitrogen and oxygen atoms in total. The number of methoxy groups -OCH3 is 3. The Bertz CT molecular complexity index is 1040. The monoisotopic (exact) mass is 368 g/mol. The van der Waals surface area contributed by atoms with Crippen LogP contribution >= 0.6 is 0 Å². The first-order valence-electron chi connectivity index (χ1n) is 8.49. The van der Waals surface area contributed by atoms with Gasteiger partial charge >= 0.3 is 0 Å². The van der Waals surface area contributed by atoms with E-state index in [4.69, 9.17) is 14.2 Å². The number of hydrogen-bond acceptors (Lipinski definition) is 6. The SMILES string of the molecule is COc1cc2c(c(OC)c1OC)C(c1ccc3c(c1)nnn3C)CC(=O)N2. The third kappa shape index (κ3) is 2.64. The average molecular weight is 368 g/mol. The molecule has 27 heavy (non-hydrogen) atoms. The molecule has 1 aliphatic rings. The Morgan fingerprint density at radius 3 is 2.59 bits per heavy atom. The van der Waals surface area contributed by atoms with Crippen LogP contribution in [0.25, 0.3) is 11.0 Å². The molecule has 1 aliphatic heterocycles. The fraction of sp³-hybridized carbons (Fsp3) is 0.316. The number of nitrogens with zero attached hydrogens (tertiary/aromatic N) is 3. The molecule has 0 saturated carbocycles. The van der Waals surface area contributed by atoms with Crippen LogP contribution in [0.5, 0.6) is 17.2 Å². The van der Waals surface area contributed by atoms with E-state index in [-0.39, 0.29) is 11.8 Å². The Kier molecular flexibility index (Phi) is 4.10. The molecule has 1 aromatic heterocycles. The smallest absolute Gasteiger partial charge is 0.225 e. The first kappa shape index (κ1) is 17.1. The Labute approximate surface area is 156 Å². The highest BCUT2D eigenvalue weighted by atomic mass is 16.5. The first-order chi connectivity index (χ1) is 13.1. The lowest BCUT2D eigenvalue weighted by molar-refractivity contribution is -0.116. The van der Waals surface area contributed by atoms with Gasteiger partial charge in [0.05, 0.1) is 32.5 Å². The van der Waals surface area contributed by atoms with E-state index in [1.165, 1.54) is 0 Å². The molecule has 140 valence electrons. The molecule has 4 rings (SSSR count). The molecule has 0 spiro atoms. The van der Waals surface area contributed by atoms with Crippen molar-refractivity contribution < 1.29 is 19.0 Å². The Morgan fingerprint density at radius 1 is 1.11 bits per heavy atom. The third-order valence-corrected chi connectivity index (χ3v) is 4.92. The van der Waals surface area contributed by atoms with E-state index in [0.29, 0.717) is 29.4 Å². The van der Waals surface area contributed by atoms with Crippen molar-refractivity contribution in [2.75, 3.05) is 26.6 Å². The molecule has 0 aliphatic carbocycles. The highest BCUT2D eigenvalue weighted by Gasteiger charge is 2.33. The van der Waals surface area contributed by atoms with Crippen LogP contribution in [0.2, 0.25) is 0 Å². The van der Waals surface area contributed by atoms with Crippen molar-refractivity contribution in [3.8, 4) is 17.2 Å². The Balaban J connectivity index is 1.94. The van der Waals surface area contributed by atoms with E-state index in [2.05, 4.69) is 15.6 Å². The number of rotatable bonds is 4. The molecule has 1 amide bonds. The summed E-state index contributed by atoms with van der Waals surface area (Å²) in [4.78, 5) is 12.4. The van der Waals surface area contributed by atoms with E-state index in [1.807, 2.05) is 25.2 Å². The van der Waals surface area contributed by atoms with Crippen molar-refractivity contribution in [2.24, 2.45) is 7.05 Å². The molecule has 2 heterocycles. The fourth-order valence-corrected chi connectivity index (χ4v) is 3.68. The topological polar surface area (TPSA) is 87.5 Å². The van der Waals surface area contributed by atoms with Crippen molar-refractivity contribution in [1.82, 2.24) is 15.0 Å². The van der Waals surface area contributed by atoms with Crippen molar-refractivity contribution in [2.45, 2.75) is 12.3 Å². The lowest BCUT2D eigenvalue weighted by Gasteiger charge is -2.29. The predicted octanol–water partition coefficient (Wildman–Crippen LogP) is 2.47. The van der Waals surface area contributed by atoms with Gasteiger partial charge in [-0.15, -0.1) is 5.10 Å². The van der Waals surface area contributed by atoms with Gasteiger partial charge < -0.3 is 19.5 Å². The van der Waals surface area contributed by atoms with Gasteiger partial charge in [-0.3, -0.25) is 4.79 Å². The number of fused-ring (bicyclic) bond motifs is 2. The molecule has 2 aromatic carbocycles. The zero-order valence-corrected chi connectivity index (χ0v) is 15.6. The summed E-state index contributed by atoms with van der Waals surface area (Å²) in [6, 6.07) is 7.69. The summed E-state index contributed by atoms with van der Waals surface area (Å²) in [7, 11) is 6.54. The van der Waals surface area contributed by atoms with Crippen molar-refractivity contribution in [3.05, 3.63) is 35.4 Å². The number of benzene rings is 2. The summed E-state index contributed by atoms with van der Waals surface area (Å²) in [5, 5.41) is 11.2. The van der Waals surface area contributed by atoms with Crippen molar-refractivity contribution in [1.29, 1.82) is 0 Å². The number of nitrogens with one attached hydrogen (secondary N) is 1. The average Bonchev–Trinajstić information content (AvgIpc) is 3.05. The Morgan fingerprint density at radius 2 is 1.89 bits per heavy atom.